The molecule has 4 atom stereocenters. The summed E-state index contributed by atoms with van der Waals surface area (Å²) in [6, 6.07) is 16.1. The molecule has 1 aliphatic heterocycles. The summed E-state index contributed by atoms with van der Waals surface area (Å²) in [5.41, 5.74) is 3.12. The SMILES string of the molecule is CC[C@H]1O[C@@H]([n+]2cccc(C(=O)Oc3ccc(/C=C/c4cc(C)cc(OC(C)=O)c4)cc3)c2)[C@H](OC(C)=O)[C@@H]1C. The molecule has 0 radical (unpaired) electrons. The molecule has 4 rings (SSSR count). The highest BCUT2D eigenvalue weighted by molar-refractivity contribution is 5.90. The van der Waals surface area contributed by atoms with Crippen LogP contribution in [0.5, 0.6) is 11.5 Å². The van der Waals surface area contributed by atoms with Gasteiger partial charge in [0, 0.05) is 25.8 Å². The van der Waals surface area contributed by atoms with Crippen LogP contribution in [0.25, 0.3) is 12.2 Å². The number of benzene rings is 2. The molecule has 1 saturated heterocycles. The number of hydrogen-bond donors (Lipinski definition) is 0. The predicted octanol–water partition coefficient (Wildman–Crippen LogP) is 5.47. The van der Waals surface area contributed by atoms with E-state index in [0.29, 0.717) is 17.1 Å². The summed E-state index contributed by atoms with van der Waals surface area (Å²) in [5, 5.41) is 0. The second-order valence-electron chi connectivity index (χ2n) is 9.91. The van der Waals surface area contributed by atoms with Crippen LogP contribution in [0.1, 0.15) is 67.4 Å². The Bertz CT molecular complexity index is 1410. The van der Waals surface area contributed by atoms with Crippen LogP contribution in [0.15, 0.2) is 67.0 Å². The van der Waals surface area contributed by atoms with Gasteiger partial charge in [-0.2, -0.15) is 4.57 Å². The lowest BCUT2D eigenvalue weighted by Crippen LogP contribution is -2.46. The van der Waals surface area contributed by atoms with Crippen molar-refractivity contribution in [2.24, 2.45) is 5.92 Å². The highest BCUT2D eigenvalue weighted by Gasteiger charge is 2.49. The molecule has 0 saturated carbocycles. The molecule has 1 aliphatic rings. The number of ether oxygens (including phenoxy) is 4. The van der Waals surface area contributed by atoms with Crippen LogP contribution in [0.2, 0.25) is 0 Å². The van der Waals surface area contributed by atoms with Crippen molar-refractivity contribution in [3.63, 3.8) is 0 Å². The van der Waals surface area contributed by atoms with E-state index in [1.165, 1.54) is 13.8 Å². The van der Waals surface area contributed by atoms with Crippen molar-refractivity contribution in [1.29, 1.82) is 0 Å². The Morgan fingerprint density at radius 2 is 1.65 bits per heavy atom. The average Bonchev–Trinajstić information content (AvgIpc) is 3.22. The second-order valence-corrected chi connectivity index (χ2v) is 9.91. The molecule has 8 heteroatoms. The average molecular weight is 545 g/mol. The Balaban J connectivity index is 1.44. The van der Waals surface area contributed by atoms with E-state index in [0.717, 1.165) is 23.1 Å². The summed E-state index contributed by atoms with van der Waals surface area (Å²) < 4.78 is 24.3. The summed E-state index contributed by atoms with van der Waals surface area (Å²) in [7, 11) is 0. The van der Waals surface area contributed by atoms with Gasteiger partial charge in [-0.1, -0.05) is 44.2 Å². The lowest BCUT2D eigenvalue weighted by molar-refractivity contribution is -0.765. The molecule has 8 nitrogen and oxygen atoms in total. The number of carbonyl (C=O) groups is 3. The van der Waals surface area contributed by atoms with Gasteiger partial charge >= 0.3 is 24.1 Å². The number of rotatable bonds is 8. The maximum Gasteiger partial charge on any atom is 0.349 e. The van der Waals surface area contributed by atoms with Crippen LogP contribution < -0.4 is 14.0 Å². The molecule has 2 heterocycles. The van der Waals surface area contributed by atoms with Crippen LogP contribution in [-0.2, 0) is 19.1 Å². The van der Waals surface area contributed by atoms with Crippen LogP contribution in [-0.4, -0.2) is 30.1 Å². The van der Waals surface area contributed by atoms with E-state index in [-0.39, 0.29) is 24.0 Å². The molecular weight excluding hydrogens is 510 g/mol. The molecule has 208 valence electrons. The van der Waals surface area contributed by atoms with E-state index in [1.807, 2.05) is 51.1 Å². The van der Waals surface area contributed by atoms with Gasteiger partial charge in [0.15, 0.2) is 18.5 Å². The first-order chi connectivity index (χ1) is 19.1. The molecule has 0 unspecified atom stereocenters. The highest BCUT2D eigenvalue weighted by atomic mass is 16.6. The van der Waals surface area contributed by atoms with Gasteiger partial charge < -0.3 is 18.9 Å². The number of aryl methyl sites for hydroxylation is 1. The molecular formula is C32H34NO7+. The van der Waals surface area contributed by atoms with Gasteiger partial charge in [0.05, 0.1) is 6.10 Å². The van der Waals surface area contributed by atoms with Gasteiger partial charge in [0.1, 0.15) is 17.1 Å². The van der Waals surface area contributed by atoms with Gasteiger partial charge in [-0.3, -0.25) is 9.59 Å². The minimum atomic E-state index is -0.541. The van der Waals surface area contributed by atoms with E-state index in [9.17, 15) is 14.4 Å². The summed E-state index contributed by atoms with van der Waals surface area (Å²) in [6.45, 7) is 8.71. The van der Waals surface area contributed by atoms with Crippen molar-refractivity contribution in [2.75, 3.05) is 0 Å². The Labute approximate surface area is 234 Å². The normalized spacial score (nSPS) is 20.3. The predicted molar refractivity (Wildman–Crippen MR) is 148 cm³/mol. The third-order valence-corrected chi connectivity index (χ3v) is 6.65. The summed E-state index contributed by atoms with van der Waals surface area (Å²) in [5.74, 6) is -0.345. The Kier molecular flexibility index (Phi) is 9.11. The molecule has 3 aromatic rings. The van der Waals surface area contributed by atoms with Crippen molar-refractivity contribution in [3.8, 4) is 11.5 Å². The number of hydrogen-bond acceptors (Lipinski definition) is 7. The van der Waals surface area contributed by atoms with Crippen LogP contribution >= 0.6 is 0 Å². The molecule has 2 aromatic carbocycles. The van der Waals surface area contributed by atoms with Gasteiger partial charge in [-0.25, -0.2) is 4.79 Å². The zero-order chi connectivity index (χ0) is 28.8. The Hall–Kier alpha value is -4.30. The summed E-state index contributed by atoms with van der Waals surface area (Å²) in [6.07, 6.45) is 6.99. The lowest BCUT2D eigenvalue weighted by atomic mass is 9.98. The van der Waals surface area contributed by atoms with Gasteiger partial charge in [0.2, 0.25) is 0 Å². The fourth-order valence-corrected chi connectivity index (χ4v) is 4.79. The molecule has 1 fully saturated rings. The fourth-order valence-electron chi connectivity index (χ4n) is 4.79. The first-order valence-electron chi connectivity index (χ1n) is 13.3. The van der Waals surface area contributed by atoms with E-state index < -0.39 is 18.3 Å². The number of nitrogens with zero attached hydrogens (tertiary/aromatic N) is 1. The van der Waals surface area contributed by atoms with Gasteiger partial charge in [0.25, 0.3) is 0 Å². The molecule has 40 heavy (non-hydrogen) atoms. The maximum atomic E-state index is 12.9. The Morgan fingerprint density at radius 3 is 2.33 bits per heavy atom. The smallest absolute Gasteiger partial charge is 0.349 e. The van der Waals surface area contributed by atoms with Crippen molar-refractivity contribution < 1.29 is 37.9 Å². The zero-order valence-electron chi connectivity index (χ0n) is 23.3. The second kappa shape index (κ2) is 12.7. The minimum Gasteiger partial charge on any atom is -0.452 e. The van der Waals surface area contributed by atoms with Crippen molar-refractivity contribution in [2.45, 2.75) is 59.5 Å². The molecule has 0 aliphatic carbocycles. The lowest BCUT2D eigenvalue weighted by Gasteiger charge is -2.17. The number of esters is 3. The molecule has 1 aromatic heterocycles. The molecule has 0 spiro atoms. The third-order valence-electron chi connectivity index (χ3n) is 6.65. The van der Waals surface area contributed by atoms with Gasteiger partial charge in [-0.05, 0) is 60.4 Å². The van der Waals surface area contributed by atoms with E-state index in [2.05, 4.69) is 0 Å². The summed E-state index contributed by atoms with van der Waals surface area (Å²) in [4.78, 5) is 35.9. The molecule has 0 amide bonds. The van der Waals surface area contributed by atoms with E-state index in [4.69, 9.17) is 18.9 Å². The Morgan fingerprint density at radius 1 is 0.925 bits per heavy atom. The van der Waals surface area contributed by atoms with Crippen molar-refractivity contribution >= 4 is 30.1 Å². The first kappa shape index (κ1) is 28.7. The van der Waals surface area contributed by atoms with Gasteiger partial charge in [-0.15, -0.1) is 0 Å². The van der Waals surface area contributed by atoms with Crippen LogP contribution in [0.3, 0.4) is 0 Å². The number of carbonyl (C=O) groups excluding carboxylic acids is 3. The highest BCUT2D eigenvalue weighted by Crippen LogP contribution is 2.34. The monoisotopic (exact) mass is 544 g/mol. The summed E-state index contributed by atoms with van der Waals surface area (Å²) >= 11 is 0. The quantitative estimate of drug-likeness (QED) is 0.161. The van der Waals surface area contributed by atoms with E-state index >= 15 is 0 Å². The minimum absolute atomic E-state index is 0.0106. The largest absolute Gasteiger partial charge is 0.452 e. The zero-order valence-corrected chi connectivity index (χ0v) is 23.3. The fraction of sp³-hybridized carbons (Fsp3) is 0.312. The number of pyridine rings is 1. The third kappa shape index (κ3) is 7.21. The van der Waals surface area contributed by atoms with Crippen LogP contribution in [0, 0.1) is 12.8 Å². The van der Waals surface area contributed by atoms with E-state index in [1.54, 1.807) is 53.4 Å². The van der Waals surface area contributed by atoms with Crippen LogP contribution in [0.4, 0.5) is 0 Å². The maximum absolute atomic E-state index is 12.9. The standard InChI is InChI=1S/C32H34NO7/c1-6-29-21(3)30(38-23(5)35)31(40-29)33-15-7-8-26(19-33)32(36)39-27-13-11-24(12-14-27)9-10-25-16-20(2)17-28(18-25)37-22(4)34/h7-19,21,29-31H,6H2,1-5H3/q+1/b10-9+/t21-,29-,30-,31-/m1/s1. The van der Waals surface area contributed by atoms with Crippen molar-refractivity contribution in [3.05, 3.63) is 89.2 Å². The molecule has 0 bridgehead atoms. The first-order valence-corrected chi connectivity index (χ1v) is 13.3. The topological polar surface area (TPSA) is 92.0 Å². The van der Waals surface area contributed by atoms with Crippen molar-refractivity contribution in [1.82, 2.24) is 0 Å². The number of aromatic nitrogens is 1. The molecule has 0 N–H and O–H groups in total.